The minimum Gasteiger partial charge on any atom is -0.262 e. The van der Waals surface area contributed by atoms with Crippen molar-refractivity contribution in [2.24, 2.45) is 9.76 Å². The van der Waals surface area contributed by atoms with E-state index in [2.05, 4.69) is 9.76 Å². The largest absolute Gasteiger partial charge is 0.262 e. The first kappa shape index (κ1) is 9.00. The van der Waals surface area contributed by atoms with E-state index in [1.165, 1.54) is 0 Å². The summed E-state index contributed by atoms with van der Waals surface area (Å²) >= 11 is 0. The number of rotatable bonds is 2. The molecule has 0 fully saturated rings. The number of hydrogen-bond donors (Lipinski definition) is 0. The molecule has 56 valence electrons. The molecule has 0 unspecified atom stereocenters. The van der Waals surface area contributed by atoms with Crippen molar-refractivity contribution in [2.75, 3.05) is 0 Å². The molecule has 0 heterocycles. The van der Waals surface area contributed by atoms with Crippen LogP contribution < -0.4 is 0 Å². The summed E-state index contributed by atoms with van der Waals surface area (Å²) in [6.07, 6.45) is 0. The summed E-state index contributed by atoms with van der Waals surface area (Å²) in [4.78, 5) is 9.62. The fourth-order valence-electron chi connectivity index (χ4n) is 0.209. The highest BCUT2D eigenvalue weighted by molar-refractivity contribution is 6.75. The lowest BCUT2D eigenvalue weighted by Gasteiger charge is -2.01. The van der Waals surface area contributed by atoms with E-state index < -0.39 is 13.3 Å². The molecule has 0 aliphatic carbocycles. The Kier molecular flexibility index (Phi) is 2.91. The molecule has 0 aliphatic rings. The van der Waals surface area contributed by atoms with Crippen molar-refractivity contribution >= 4 is 14.2 Å². The van der Waals surface area contributed by atoms with Crippen LogP contribution in [0.5, 0.6) is 0 Å². The van der Waals surface area contributed by atoms with Crippen molar-refractivity contribution in [1.82, 2.24) is 0 Å². The minimum absolute atomic E-state index is 0.816. The summed E-state index contributed by atoms with van der Waals surface area (Å²) in [6.45, 7) is 5.82. The summed E-state index contributed by atoms with van der Waals surface area (Å²) in [5, 5.41) is 11.6. The molecular formula is C4H9N3O2Si. The van der Waals surface area contributed by atoms with Crippen molar-refractivity contribution < 1.29 is 5.03 Å². The van der Waals surface area contributed by atoms with E-state index in [1.807, 2.05) is 25.6 Å². The van der Waals surface area contributed by atoms with Crippen molar-refractivity contribution in [3.8, 4) is 0 Å². The maximum atomic E-state index is 9.62. The molecule has 10 heavy (non-hydrogen) atoms. The number of nitro groups is 1. The third-order valence-corrected chi connectivity index (χ3v) is 1.28. The van der Waals surface area contributed by atoms with Crippen LogP contribution in [0.1, 0.15) is 0 Å². The zero-order valence-corrected chi connectivity index (χ0v) is 7.16. The van der Waals surface area contributed by atoms with Crippen LogP contribution in [0.25, 0.3) is 0 Å². The van der Waals surface area contributed by atoms with E-state index in [0.717, 1.165) is 0 Å². The predicted molar refractivity (Wildman–Crippen MR) is 40.2 cm³/mol. The molecule has 0 aromatic rings. The molecule has 0 radical (unpaired) electrons. The second-order valence-electron chi connectivity index (χ2n) is 2.72. The first-order chi connectivity index (χ1) is 4.42. The molecular weight excluding hydrogens is 150 g/mol. The van der Waals surface area contributed by atoms with Crippen LogP contribution in [0.3, 0.4) is 0 Å². The molecule has 0 atom stereocenters. The minimum atomic E-state index is -1.61. The molecule has 0 bridgehead atoms. The van der Waals surface area contributed by atoms with E-state index in [1.54, 1.807) is 0 Å². The van der Waals surface area contributed by atoms with Crippen LogP contribution in [0.4, 0.5) is 0 Å². The molecule has 0 rings (SSSR count). The molecule has 0 aromatic heterocycles. The first-order valence-corrected chi connectivity index (χ1v) is 6.18. The Bertz CT molecular complexity index is 189. The summed E-state index contributed by atoms with van der Waals surface area (Å²) in [5.41, 5.74) is 0. The van der Waals surface area contributed by atoms with Crippen LogP contribution >= 0.6 is 0 Å². The first-order valence-electron chi connectivity index (χ1n) is 2.74. The van der Waals surface area contributed by atoms with Gasteiger partial charge >= 0.3 is 0 Å². The van der Waals surface area contributed by atoms with Gasteiger partial charge in [0.05, 0.1) is 0 Å². The summed E-state index contributed by atoms with van der Waals surface area (Å²) < 4.78 is 3.78. The maximum Gasteiger partial charge on any atom is 0.201 e. The van der Waals surface area contributed by atoms with E-state index in [0.29, 0.717) is 0 Å². The summed E-state index contributed by atoms with van der Waals surface area (Å²) in [6, 6.07) is 2.04. The quantitative estimate of drug-likeness (QED) is 0.263. The highest BCUT2D eigenvalue weighted by Gasteiger charge is 2.09. The normalized spacial score (nSPS) is 9.90. The average molecular weight is 159 g/mol. The van der Waals surface area contributed by atoms with Crippen LogP contribution in [0.15, 0.2) is 9.76 Å². The van der Waals surface area contributed by atoms with E-state index in [4.69, 9.17) is 0 Å². The summed E-state index contributed by atoms with van der Waals surface area (Å²) in [5.74, 6) is 0. The monoisotopic (exact) mass is 159 g/mol. The zero-order valence-electron chi connectivity index (χ0n) is 6.16. The van der Waals surface area contributed by atoms with Gasteiger partial charge < -0.3 is 0 Å². The number of nitrogens with zero attached hydrogens (tertiary/aromatic N) is 3. The molecule has 5 nitrogen and oxygen atoms in total. The number of hydrazone groups is 1. The van der Waals surface area contributed by atoms with Gasteiger partial charge in [-0.05, 0) is 19.6 Å². The Morgan fingerprint density at radius 3 is 2.30 bits per heavy atom. The van der Waals surface area contributed by atoms with Crippen LogP contribution in [-0.4, -0.2) is 19.3 Å². The summed E-state index contributed by atoms with van der Waals surface area (Å²) in [7, 11) is -1.61. The molecule has 0 amide bonds. The highest BCUT2D eigenvalue weighted by Crippen LogP contribution is 1.98. The van der Waals surface area contributed by atoms with Gasteiger partial charge in [-0.3, -0.25) is 4.66 Å². The van der Waals surface area contributed by atoms with E-state index in [-0.39, 0.29) is 0 Å². The molecule has 0 spiro atoms. The van der Waals surface area contributed by atoms with E-state index in [9.17, 15) is 10.1 Å². The lowest BCUT2D eigenvalue weighted by atomic mass is 11.5. The van der Waals surface area contributed by atoms with Crippen LogP contribution in [0, 0.1) is 10.1 Å². The Hall–Kier alpha value is -1.00. The average Bonchev–Trinajstić information content (AvgIpc) is 1.59. The second-order valence-corrected chi connectivity index (χ2v) is 7.29. The molecule has 6 heteroatoms. The second kappa shape index (κ2) is 3.24. The Morgan fingerprint density at radius 1 is 1.50 bits per heavy atom. The Labute approximate surface area is 59.7 Å². The van der Waals surface area contributed by atoms with Gasteiger partial charge in [0.2, 0.25) is 5.03 Å². The Morgan fingerprint density at radius 2 is 2.00 bits per heavy atom. The topological polar surface area (TPSA) is 67.9 Å². The lowest BCUT2D eigenvalue weighted by molar-refractivity contribution is -0.484. The fraction of sp³-hybridized carbons (Fsp3) is 0.750. The van der Waals surface area contributed by atoms with Crippen LogP contribution in [0.2, 0.25) is 19.6 Å². The standard InChI is InChI=1S/C4H9N3O2Si/c1-10(2,3)6-4-5-7(8)9/h1-3H3. The SMILES string of the molecule is C[Si](C)(C)N=C=N[N+](=O)[O-]. The Balaban J connectivity index is 4.12. The predicted octanol–water partition coefficient (Wildman–Crippen LogP) is 1.19. The fourth-order valence-corrected chi connectivity index (χ4v) is 0.554. The van der Waals surface area contributed by atoms with Gasteiger partial charge in [-0.2, -0.15) is 0 Å². The smallest absolute Gasteiger partial charge is 0.201 e. The van der Waals surface area contributed by atoms with Crippen molar-refractivity contribution in [3.05, 3.63) is 10.1 Å². The van der Waals surface area contributed by atoms with Gasteiger partial charge in [0, 0.05) is 0 Å². The molecule has 0 saturated carbocycles. The molecule has 0 aromatic carbocycles. The highest BCUT2D eigenvalue weighted by atomic mass is 28.3. The van der Waals surface area contributed by atoms with Crippen LogP contribution in [-0.2, 0) is 0 Å². The van der Waals surface area contributed by atoms with Crippen molar-refractivity contribution in [2.45, 2.75) is 19.6 Å². The van der Waals surface area contributed by atoms with Gasteiger partial charge in [0.25, 0.3) is 0 Å². The molecule has 0 aliphatic heterocycles. The number of hydrogen-bond acceptors (Lipinski definition) is 3. The molecule has 0 N–H and O–H groups in total. The van der Waals surface area contributed by atoms with Crippen molar-refractivity contribution in [1.29, 1.82) is 0 Å². The third-order valence-electron chi connectivity index (χ3n) is 0.512. The van der Waals surface area contributed by atoms with Gasteiger partial charge in [0.1, 0.15) is 5.10 Å². The van der Waals surface area contributed by atoms with Gasteiger partial charge in [-0.15, -0.1) is 0 Å². The lowest BCUT2D eigenvalue weighted by Crippen LogP contribution is -2.15. The van der Waals surface area contributed by atoms with E-state index >= 15 is 0 Å². The third kappa shape index (κ3) is 7.00. The van der Waals surface area contributed by atoms with Gasteiger partial charge in [-0.25, -0.2) is 10.1 Å². The maximum absolute atomic E-state index is 9.62. The van der Waals surface area contributed by atoms with Crippen molar-refractivity contribution in [3.63, 3.8) is 0 Å². The zero-order chi connectivity index (χ0) is 8.20. The molecule has 0 saturated heterocycles. The van der Waals surface area contributed by atoms with Gasteiger partial charge in [-0.1, -0.05) is 0 Å². The van der Waals surface area contributed by atoms with Gasteiger partial charge in [0.15, 0.2) is 14.2 Å².